The fourth-order valence-electron chi connectivity index (χ4n) is 3.31. The van der Waals surface area contributed by atoms with E-state index in [1.807, 2.05) is 36.4 Å². The molecule has 1 aromatic heterocycles. The molecule has 0 aliphatic carbocycles. The quantitative estimate of drug-likeness (QED) is 0.385. The van der Waals surface area contributed by atoms with Crippen molar-refractivity contribution in [2.24, 2.45) is 0 Å². The third-order valence-electron chi connectivity index (χ3n) is 4.93. The number of methoxy groups -OCH3 is 1. The average molecular weight is 406 g/mol. The van der Waals surface area contributed by atoms with Crippen LogP contribution in [0.1, 0.15) is 27.2 Å². The molecule has 146 valence electrons. The number of carbonyl (C=O) groups is 1. The second kappa shape index (κ2) is 8.02. The van der Waals surface area contributed by atoms with Gasteiger partial charge in [0.2, 0.25) is 5.78 Å². The van der Waals surface area contributed by atoms with Crippen LogP contribution in [0.4, 0.5) is 5.69 Å². The lowest BCUT2D eigenvalue weighted by Crippen LogP contribution is -2.07. The largest absolute Gasteiger partial charge is 0.495 e. The molecule has 3 aromatic carbocycles. The number of para-hydroxylation sites is 1. The third-order valence-corrected chi connectivity index (χ3v) is 5.23. The van der Waals surface area contributed by atoms with Crippen LogP contribution >= 0.6 is 11.6 Å². The Morgan fingerprint density at radius 1 is 1.07 bits per heavy atom. The van der Waals surface area contributed by atoms with Crippen LogP contribution in [-0.2, 0) is 6.54 Å². The van der Waals surface area contributed by atoms with Crippen LogP contribution in [0, 0.1) is 6.92 Å². The summed E-state index contributed by atoms with van der Waals surface area (Å²) in [5.74, 6) is 0.546. The predicted molar refractivity (Wildman–Crippen MR) is 116 cm³/mol. The van der Waals surface area contributed by atoms with E-state index in [2.05, 4.69) is 24.4 Å². The van der Waals surface area contributed by atoms with Crippen molar-refractivity contribution in [2.75, 3.05) is 12.4 Å². The van der Waals surface area contributed by atoms with E-state index in [1.165, 1.54) is 12.7 Å². The predicted octanol–water partition coefficient (Wildman–Crippen LogP) is 6.25. The smallest absolute Gasteiger partial charge is 0.230 e. The summed E-state index contributed by atoms with van der Waals surface area (Å²) >= 11 is 6.21. The summed E-state index contributed by atoms with van der Waals surface area (Å²) < 4.78 is 11.1. The molecule has 0 spiro atoms. The van der Waals surface area contributed by atoms with Gasteiger partial charge in [-0.2, -0.15) is 0 Å². The number of hydrogen-bond acceptors (Lipinski definition) is 4. The van der Waals surface area contributed by atoms with E-state index in [4.69, 9.17) is 20.8 Å². The number of ketones is 1. The first-order valence-electron chi connectivity index (χ1n) is 9.26. The van der Waals surface area contributed by atoms with Gasteiger partial charge in [-0.3, -0.25) is 4.79 Å². The molecule has 0 atom stereocenters. The van der Waals surface area contributed by atoms with Gasteiger partial charge in [0.05, 0.1) is 17.8 Å². The highest BCUT2D eigenvalue weighted by Gasteiger charge is 2.22. The Kier molecular flexibility index (Phi) is 5.28. The SMILES string of the molecule is COc1ccc(C(=O)c2oc3ccccc3c2NCc2ccccc2C)cc1Cl. The Balaban J connectivity index is 1.74. The number of aryl methyl sites for hydroxylation is 1. The van der Waals surface area contributed by atoms with Crippen LogP contribution in [0.5, 0.6) is 5.75 Å². The highest BCUT2D eigenvalue weighted by atomic mass is 35.5. The van der Waals surface area contributed by atoms with E-state index in [9.17, 15) is 4.79 Å². The molecule has 4 rings (SSSR count). The van der Waals surface area contributed by atoms with Crippen molar-refractivity contribution in [3.8, 4) is 5.75 Å². The fraction of sp³-hybridized carbons (Fsp3) is 0.125. The molecule has 0 aliphatic rings. The van der Waals surface area contributed by atoms with Gasteiger partial charge in [0, 0.05) is 17.5 Å². The molecule has 0 bridgehead atoms. The molecule has 1 heterocycles. The Morgan fingerprint density at radius 2 is 1.83 bits per heavy atom. The summed E-state index contributed by atoms with van der Waals surface area (Å²) in [7, 11) is 1.54. The highest BCUT2D eigenvalue weighted by Crippen LogP contribution is 2.34. The highest BCUT2D eigenvalue weighted by molar-refractivity contribution is 6.32. The molecule has 29 heavy (non-hydrogen) atoms. The number of anilines is 1. The van der Waals surface area contributed by atoms with Gasteiger partial charge in [0.1, 0.15) is 11.3 Å². The molecule has 5 heteroatoms. The minimum absolute atomic E-state index is 0.238. The van der Waals surface area contributed by atoms with E-state index >= 15 is 0 Å². The molecule has 0 saturated heterocycles. The number of nitrogens with one attached hydrogen (secondary N) is 1. The van der Waals surface area contributed by atoms with Crippen molar-refractivity contribution < 1.29 is 13.9 Å². The maximum Gasteiger partial charge on any atom is 0.230 e. The average Bonchev–Trinajstić information content (AvgIpc) is 3.11. The number of halogens is 1. The number of hydrogen-bond donors (Lipinski definition) is 1. The number of benzene rings is 3. The second-order valence-corrected chi connectivity index (χ2v) is 7.17. The van der Waals surface area contributed by atoms with Gasteiger partial charge in [0.15, 0.2) is 5.76 Å². The zero-order chi connectivity index (χ0) is 20.4. The Labute approximate surface area is 174 Å². The summed E-state index contributed by atoms with van der Waals surface area (Å²) in [4.78, 5) is 13.2. The molecule has 0 unspecified atom stereocenters. The first kappa shape index (κ1) is 19.1. The van der Waals surface area contributed by atoms with Gasteiger partial charge < -0.3 is 14.5 Å². The Bertz CT molecular complexity index is 1200. The van der Waals surface area contributed by atoms with Gasteiger partial charge in [-0.1, -0.05) is 48.0 Å². The number of furan rings is 1. The van der Waals surface area contributed by atoms with Gasteiger partial charge in [-0.05, 0) is 48.4 Å². The van der Waals surface area contributed by atoms with Gasteiger partial charge in [0.25, 0.3) is 0 Å². The van der Waals surface area contributed by atoms with Crippen LogP contribution in [-0.4, -0.2) is 12.9 Å². The molecule has 4 nitrogen and oxygen atoms in total. The lowest BCUT2D eigenvalue weighted by atomic mass is 10.1. The van der Waals surface area contributed by atoms with E-state index in [1.54, 1.807) is 18.2 Å². The molecule has 0 amide bonds. The Morgan fingerprint density at radius 3 is 2.59 bits per heavy atom. The monoisotopic (exact) mass is 405 g/mol. The summed E-state index contributed by atoms with van der Waals surface area (Å²) in [6.07, 6.45) is 0. The van der Waals surface area contributed by atoms with E-state index < -0.39 is 0 Å². The van der Waals surface area contributed by atoms with E-state index in [-0.39, 0.29) is 11.5 Å². The van der Waals surface area contributed by atoms with E-state index in [0.29, 0.717) is 34.2 Å². The lowest BCUT2D eigenvalue weighted by Gasteiger charge is -2.10. The normalized spacial score (nSPS) is 10.9. The number of ether oxygens (including phenoxy) is 1. The molecule has 0 saturated carbocycles. The lowest BCUT2D eigenvalue weighted by molar-refractivity contribution is 0.101. The summed E-state index contributed by atoms with van der Waals surface area (Å²) in [5, 5.41) is 4.65. The van der Waals surface area contributed by atoms with Crippen molar-refractivity contribution in [2.45, 2.75) is 13.5 Å². The van der Waals surface area contributed by atoms with Gasteiger partial charge >= 0.3 is 0 Å². The molecule has 0 aliphatic heterocycles. The maximum atomic E-state index is 13.2. The minimum Gasteiger partial charge on any atom is -0.495 e. The number of fused-ring (bicyclic) bond motifs is 1. The molecule has 0 fully saturated rings. The van der Waals surface area contributed by atoms with Crippen LogP contribution in [0.3, 0.4) is 0 Å². The van der Waals surface area contributed by atoms with Crippen LogP contribution < -0.4 is 10.1 Å². The van der Waals surface area contributed by atoms with Gasteiger partial charge in [-0.25, -0.2) is 0 Å². The van der Waals surface area contributed by atoms with Crippen molar-refractivity contribution >= 4 is 34.0 Å². The second-order valence-electron chi connectivity index (χ2n) is 6.76. The van der Waals surface area contributed by atoms with Crippen LogP contribution in [0.25, 0.3) is 11.0 Å². The Hall–Kier alpha value is -3.24. The first-order valence-corrected chi connectivity index (χ1v) is 9.64. The topological polar surface area (TPSA) is 51.5 Å². The zero-order valence-corrected chi connectivity index (χ0v) is 16.9. The number of carbonyl (C=O) groups excluding carboxylic acids is 1. The summed E-state index contributed by atoms with van der Waals surface area (Å²) in [5.41, 5.74) is 4.11. The standard InChI is InChI=1S/C24H20ClNO3/c1-15-7-3-4-8-17(15)14-26-22-18-9-5-6-10-20(18)29-24(22)23(27)16-11-12-21(28-2)19(25)13-16/h3-13,26H,14H2,1-2H3. The summed E-state index contributed by atoms with van der Waals surface area (Å²) in [6, 6.07) is 20.7. The third kappa shape index (κ3) is 3.71. The van der Waals surface area contributed by atoms with Crippen molar-refractivity contribution in [3.63, 3.8) is 0 Å². The molecule has 0 radical (unpaired) electrons. The van der Waals surface area contributed by atoms with Crippen LogP contribution in [0.2, 0.25) is 5.02 Å². The molecule has 1 N–H and O–H groups in total. The van der Waals surface area contributed by atoms with E-state index in [0.717, 1.165) is 10.9 Å². The van der Waals surface area contributed by atoms with Crippen LogP contribution in [0.15, 0.2) is 71.1 Å². The molecular weight excluding hydrogens is 386 g/mol. The minimum atomic E-state index is -0.238. The number of rotatable bonds is 6. The van der Waals surface area contributed by atoms with Crippen molar-refractivity contribution in [3.05, 3.63) is 94.2 Å². The zero-order valence-electron chi connectivity index (χ0n) is 16.2. The van der Waals surface area contributed by atoms with Crippen molar-refractivity contribution in [1.82, 2.24) is 0 Å². The fourth-order valence-corrected chi connectivity index (χ4v) is 3.57. The van der Waals surface area contributed by atoms with Gasteiger partial charge in [-0.15, -0.1) is 0 Å². The molecule has 4 aromatic rings. The molecular formula is C24H20ClNO3. The van der Waals surface area contributed by atoms with Crippen molar-refractivity contribution in [1.29, 1.82) is 0 Å². The first-order chi connectivity index (χ1) is 14.1. The summed E-state index contributed by atoms with van der Waals surface area (Å²) in [6.45, 7) is 2.65. The maximum absolute atomic E-state index is 13.2.